The average Bonchev–Trinajstić information content (AvgIpc) is 2.38. The topological polar surface area (TPSA) is 114 Å². The largest absolute Gasteiger partial charge is 2.00 e. The third-order valence-corrected chi connectivity index (χ3v) is 4.96. The Labute approximate surface area is 171 Å². The van der Waals surface area contributed by atoms with Gasteiger partial charge < -0.3 is 9.11 Å². The van der Waals surface area contributed by atoms with Gasteiger partial charge in [-0.15, -0.1) is 0 Å². The van der Waals surface area contributed by atoms with E-state index in [0.717, 1.165) is 8.95 Å². The molecule has 2 rings (SSSR count). The van der Waals surface area contributed by atoms with Crippen LogP contribution in [0, 0.1) is 0 Å². The summed E-state index contributed by atoms with van der Waals surface area (Å²) in [6, 6.07) is 11.0. The Morgan fingerprint density at radius 3 is 1.00 bits per heavy atom. The van der Waals surface area contributed by atoms with Gasteiger partial charge in [0.15, 0.2) is 0 Å². The van der Waals surface area contributed by atoms with Gasteiger partial charge in [-0.2, -0.15) is 0 Å². The molecule has 0 unspecified atom stereocenters. The molecule has 2 aromatic carbocycles. The first-order valence-corrected chi connectivity index (χ1v) is 9.83. The van der Waals surface area contributed by atoms with Gasteiger partial charge in [0.05, 0.1) is 9.79 Å². The van der Waals surface area contributed by atoms with Crippen LogP contribution in [0.2, 0.25) is 0 Å². The monoisotopic (exact) mass is 584 g/mol. The van der Waals surface area contributed by atoms with Crippen LogP contribution in [0.3, 0.4) is 0 Å². The molecule has 0 saturated heterocycles. The van der Waals surface area contributed by atoms with Crippen molar-refractivity contribution in [2.45, 2.75) is 9.79 Å². The smallest absolute Gasteiger partial charge is 0.744 e. The second-order valence-electron chi connectivity index (χ2n) is 3.82. The van der Waals surface area contributed by atoms with Crippen molar-refractivity contribution in [2.75, 3.05) is 0 Å². The van der Waals surface area contributed by atoms with E-state index in [4.69, 9.17) is 0 Å². The molecule has 0 aliphatic heterocycles. The first-order valence-electron chi connectivity index (χ1n) is 5.43. The van der Waals surface area contributed by atoms with Crippen molar-refractivity contribution in [1.82, 2.24) is 0 Å². The molecule has 2 aromatic rings. The number of rotatable bonds is 2. The van der Waals surface area contributed by atoms with Gasteiger partial charge in [0.2, 0.25) is 0 Å². The van der Waals surface area contributed by atoms with Gasteiger partial charge in [0.25, 0.3) is 0 Å². The predicted octanol–water partition coefficient (Wildman–Crippen LogP) is 2.70. The minimum atomic E-state index is -4.29. The first kappa shape index (κ1) is 23.1. The van der Waals surface area contributed by atoms with Crippen LogP contribution in [0.1, 0.15) is 0 Å². The zero-order valence-corrected chi connectivity index (χ0v) is 20.2. The van der Waals surface area contributed by atoms with Crippen LogP contribution in [0.5, 0.6) is 0 Å². The third kappa shape index (κ3) is 8.70. The summed E-state index contributed by atoms with van der Waals surface area (Å²) in [7, 11) is -8.58. The molecular weight excluding hydrogens is 576 g/mol. The Hall–Kier alpha value is 0.142. The summed E-state index contributed by atoms with van der Waals surface area (Å²) in [4.78, 5) is -0.415. The van der Waals surface area contributed by atoms with Crippen molar-refractivity contribution in [1.29, 1.82) is 0 Å². The maximum absolute atomic E-state index is 10.4. The second kappa shape index (κ2) is 9.58. The second-order valence-corrected chi connectivity index (χ2v) is 8.41. The number of hydrogen-bond acceptors (Lipinski definition) is 6. The van der Waals surface area contributed by atoms with Crippen LogP contribution in [0.15, 0.2) is 67.3 Å². The molecule has 6 nitrogen and oxygen atoms in total. The molecular formula is C12H8Br2CdO6S2. The molecule has 0 N–H and O–H groups in total. The predicted molar refractivity (Wildman–Crippen MR) is 84.2 cm³/mol. The minimum Gasteiger partial charge on any atom is -0.744 e. The van der Waals surface area contributed by atoms with E-state index in [-0.39, 0.29) is 37.1 Å². The quantitative estimate of drug-likeness (QED) is 0.396. The van der Waals surface area contributed by atoms with Crippen molar-refractivity contribution in [3.05, 3.63) is 57.5 Å². The molecule has 0 saturated carbocycles. The summed E-state index contributed by atoms with van der Waals surface area (Å²) >= 11 is 6.23. The molecule has 11 heteroatoms. The summed E-state index contributed by atoms with van der Waals surface area (Å²) in [6.07, 6.45) is 0. The van der Waals surface area contributed by atoms with Gasteiger partial charge >= 0.3 is 27.3 Å². The van der Waals surface area contributed by atoms with Gasteiger partial charge in [-0.1, -0.05) is 31.9 Å². The Bertz CT molecular complexity index is 761. The molecule has 120 valence electrons. The molecule has 0 atom stereocenters. The Balaban J connectivity index is 0.000000403. The maximum atomic E-state index is 10.4. The zero-order valence-electron chi connectivity index (χ0n) is 11.3. The van der Waals surface area contributed by atoms with E-state index in [1.165, 1.54) is 48.5 Å². The van der Waals surface area contributed by atoms with Gasteiger partial charge in [0.1, 0.15) is 20.2 Å². The molecule has 0 spiro atoms. The summed E-state index contributed by atoms with van der Waals surface area (Å²) in [5.74, 6) is 0. The normalized spacial score (nSPS) is 11.0. The van der Waals surface area contributed by atoms with E-state index < -0.39 is 20.2 Å². The number of halogens is 2. The molecule has 0 aliphatic rings. The van der Waals surface area contributed by atoms with Crippen molar-refractivity contribution in [2.24, 2.45) is 0 Å². The van der Waals surface area contributed by atoms with Crippen LogP contribution in [0.25, 0.3) is 0 Å². The molecule has 0 heterocycles. The van der Waals surface area contributed by atoms with E-state index in [1.54, 1.807) is 0 Å². The Morgan fingerprint density at radius 2 is 0.826 bits per heavy atom. The van der Waals surface area contributed by atoms with Crippen LogP contribution >= 0.6 is 31.9 Å². The number of benzene rings is 2. The maximum Gasteiger partial charge on any atom is 2.00 e. The van der Waals surface area contributed by atoms with Crippen LogP contribution in [-0.4, -0.2) is 25.9 Å². The molecule has 0 aromatic heterocycles. The molecule has 0 fully saturated rings. The molecule has 0 amide bonds. The van der Waals surface area contributed by atoms with Crippen LogP contribution in [0.4, 0.5) is 0 Å². The molecule has 0 bridgehead atoms. The summed E-state index contributed by atoms with van der Waals surface area (Å²) in [6.45, 7) is 0. The van der Waals surface area contributed by atoms with E-state index in [1.807, 2.05) is 0 Å². The van der Waals surface area contributed by atoms with Crippen molar-refractivity contribution in [3.63, 3.8) is 0 Å². The third-order valence-electron chi connectivity index (χ3n) is 2.20. The fourth-order valence-corrected chi connectivity index (χ4v) is 2.67. The van der Waals surface area contributed by atoms with Crippen molar-refractivity contribution >= 4 is 52.1 Å². The zero-order chi connectivity index (χ0) is 17.0. The van der Waals surface area contributed by atoms with Gasteiger partial charge in [-0.3, -0.25) is 0 Å². The Morgan fingerprint density at radius 1 is 0.609 bits per heavy atom. The SMILES string of the molecule is O=S(=O)([O-])c1ccc(Br)cc1.O=S(=O)([O-])c1ccc(Br)cc1.[Cd+2]. The standard InChI is InChI=1S/2C6H5BrO3S.Cd/c2*7-5-1-3-6(4-2-5)11(8,9)10;/h2*1-4H,(H,8,9,10);/q;;+2/p-2. The van der Waals surface area contributed by atoms with E-state index in [9.17, 15) is 25.9 Å². The van der Waals surface area contributed by atoms with Gasteiger partial charge in [-0.25, -0.2) is 16.8 Å². The first-order chi connectivity index (χ1) is 10.00. The van der Waals surface area contributed by atoms with E-state index in [0.29, 0.717) is 0 Å². The molecule has 23 heavy (non-hydrogen) atoms. The van der Waals surface area contributed by atoms with E-state index >= 15 is 0 Å². The summed E-state index contributed by atoms with van der Waals surface area (Å²) in [5.41, 5.74) is 0. The fraction of sp³-hybridized carbons (Fsp3) is 0. The van der Waals surface area contributed by atoms with Gasteiger partial charge in [0, 0.05) is 8.95 Å². The summed E-state index contributed by atoms with van der Waals surface area (Å²) in [5, 5.41) is 0. The fourth-order valence-electron chi connectivity index (χ4n) is 1.20. The van der Waals surface area contributed by atoms with Crippen molar-refractivity contribution in [3.8, 4) is 0 Å². The Kier molecular flexibility index (Phi) is 9.64. The van der Waals surface area contributed by atoms with Crippen LogP contribution in [-0.2, 0) is 47.5 Å². The molecule has 0 aliphatic carbocycles. The average molecular weight is 585 g/mol. The van der Waals surface area contributed by atoms with Crippen molar-refractivity contribution < 1.29 is 53.2 Å². The molecule has 0 radical (unpaired) electrons. The van der Waals surface area contributed by atoms with E-state index in [2.05, 4.69) is 31.9 Å². The minimum absolute atomic E-state index is 0. The van der Waals surface area contributed by atoms with Crippen LogP contribution < -0.4 is 0 Å². The number of hydrogen-bond donors (Lipinski definition) is 0. The van der Waals surface area contributed by atoms with Gasteiger partial charge in [-0.05, 0) is 48.5 Å². The summed E-state index contributed by atoms with van der Waals surface area (Å²) < 4.78 is 63.7.